The van der Waals surface area contributed by atoms with Crippen molar-refractivity contribution >= 4 is 17.9 Å². The molecule has 0 spiro atoms. The van der Waals surface area contributed by atoms with Gasteiger partial charge in [0.25, 0.3) is 0 Å². The Kier molecular flexibility index (Phi) is 2.41. The topological polar surface area (TPSA) is 38.3 Å². The number of cyclic esters (lactones) is 1. The van der Waals surface area contributed by atoms with Crippen LogP contribution >= 0.6 is 11.8 Å². The highest BCUT2D eigenvalue weighted by Crippen LogP contribution is 2.34. The number of carbonyl (C=O) groups excluding carboxylic acids is 1. The highest BCUT2D eigenvalue weighted by Gasteiger charge is 2.38. The van der Waals surface area contributed by atoms with Gasteiger partial charge in [-0.1, -0.05) is 0 Å². The van der Waals surface area contributed by atoms with E-state index in [2.05, 4.69) is 5.32 Å². The molecule has 2 fully saturated rings. The van der Waals surface area contributed by atoms with Gasteiger partial charge < -0.3 is 10.1 Å². The van der Waals surface area contributed by atoms with E-state index in [1.165, 1.54) is 18.6 Å². The maximum absolute atomic E-state index is 10.9. The van der Waals surface area contributed by atoms with Crippen LogP contribution in [0.1, 0.15) is 26.2 Å². The fourth-order valence-corrected chi connectivity index (χ4v) is 3.43. The second-order valence-electron chi connectivity index (χ2n) is 4.03. The molecule has 0 bridgehead atoms. The van der Waals surface area contributed by atoms with Crippen molar-refractivity contribution in [3.05, 3.63) is 0 Å². The lowest BCUT2D eigenvalue weighted by molar-refractivity contribution is 0.0647. The molecule has 2 heterocycles. The summed E-state index contributed by atoms with van der Waals surface area (Å²) in [5.74, 6) is 1.27. The Morgan fingerprint density at radius 1 is 1.77 bits per heavy atom. The summed E-state index contributed by atoms with van der Waals surface area (Å²) in [6.45, 7) is 2.69. The minimum atomic E-state index is -0.259. The highest BCUT2D eigenvalue weighted by molar-refractivity contribution is 8.00. The molecule has 0 saturated carbocycles. The predicted octanol–water partition coefficient (Wildman–Crippen LogP) is 1.77. The Hall–Kier alpha value is -0.380. The first kappa shape index (κ1) is 9.19. The Balaban J connectivity index is 1.88. The average molecular weight is 201 g/mol. The molecule has 0 radical (unpaired) electrons. The Bertz CT molecular complexity index is 216. The van der Waals surface area contributed by atoms with Gasteiger partial charge in [0.15, 0.2) is 0 Å². The molecule has 2 atom stereocenters. The van der Waals surface area contributed by atoms with Gasteiger partial charge in [-0.15, -0.1) is 0 Å². The molecule has 0 aromatic rings. The predicted molar refractivity (Wildman–Crippen MR) is 53.0 cm³/mol. The smallest absolute Gasteiger partial charge is 0.407 e. The van der Waals surface area contributed by atoms with Crippen LogP contribution in [-0.2, 0) is 4.74 Å². The summed E-state index contributed by atoms with van der Waals surface area (Å²) in [6, 6.07) is 0. The number of ether oxygens (including phenoxy) is 1. The van der Waals surface area contributed by atoms with Crippen LogP contribution < -0.4 is 5.32 Å². The fraction of sp³-hybridized carbons (Fsp3) is 0.889. The first-order chi connectivity index (χ1) is 6.18. The summed E-state index contributed by atoms with van der Waals surface area (Å²) in [5, 5.41) is 3.41. The number of amides is 1. The molecule has 13 heavy (non-hydrogen) atoms. The number of rotatable bonds is 2. The highest BCUT2D eigenvalue weighted by atomic mass is 32.2. The lowest BCUT2D eigenvalue weighted by atomic mass is 9.98. The van der Waals surface area contributed by atoms with Crippen LogP contribution in [0.3, 0.4) is 0 Å². The van der Waals surface area contributed by atoms with Crippen LogP contribution in [0.2, 0.25) is 0 Å². The molecule has 1 amide bonds. The summed E-state index contributed by atoms with van der Waals surface area (Å²) in [7, 11) is 0. The van der Waals surface area contributed by atoms with Crippen molar-refractivity contribution in [1.82, 2.24) is 5.32 Å². The van der Waals surface area contributed by atoms with E-state index < -0.39 is 0 Å². The van der Waals surface area contributed by atoms with Crippen LogP contribution in [0.5, 0.6) is 0 Å². The van der Waals surface area contributed by atoms with Gasteiger partial charge in [0.05, 0.1) is 6.54 Å². The fourth-order valence-electron chi connectivity index (χ4n) is 1.96. The zero-order valence-electron chi connectivity index (χ0n) is 7.84. The largest absolute Gasteiger partial charge is 0.441 e. The first-order valence-electron chi connectivity index (χ1n) is 4.76. The van der Waals surface area contributed by atoms with Gasteiger partial charge in [0.1, 0.15) is 5.60 Å². The lowest BCUT2D eigenvalue weighted by Gasteiger charge is -2.23. The molecule has 3 nitrogen and oxygen atoms in total. The average Bonchev–Trinajstić information content (AvgIpc) is 2.62. The number of carbonyl (C=O) groups is 1. The van der Waals surface area contributed by atoms with Crippen molar-refractivity contribution in [3.8, 4) is 0 Å². The second kappa shape index (κ2) is 3.40. The van der Waals surface area contributed by atoms with E-state index in [0.717, 1.165) is 6.42 Å². The van der Waals surface area contributed by atoms with Crippen molar-refractivity contribution in [2.24, 2.45) is 0 Å². The molecule has 0 aromatic heterocycles. The SMILES string of the molecule is CC1(CC2CCCS2)CNC(=O)O1. The maximum atomic E-state index is 10.9. The Morgan fingerprint density at radius 3 is 3.15 bits per heavy atom. The standard InChI is InChI=1S/C9H15NO2S/c1-9(6-10-8(11)12-9)5-7-3-2-4-13-7/h7H,2-6H2,1H3,(H,10,11). The summed E-state index contributed by atoms with van der Waals surface area (Å²) < 4.78 is 5.25. The normalized spacial score (nSPS) is 38.8. The zero-order valence-corrected chi connectivity index (χ0v) is 8.65. The van der Waals surface area contributed by atoms with Gasteiger partial charge >= 0.3 is 6.09 Å². The van der Waals surface area contributed by atoms with E-state index in [0.29, 0.717) is 11.8 Å². The number of alkyl carbamates (subject to hydrolysis) is 1. The Morgan fingerprint density at radius 2 is 2.62 bits per heavy atom. The minimum absolute atomic E-state index is 0.251. The molecular formula is C9H15NO2S. The van der Waals surface area contributed by atoms with Crippen LogP contribution in [0.25, 0.3) is 0 Å². The summed E-state index contributed by atoms with van der Waals surface area (Å²) in [5.41, 5.74) is -0.251. The lowest BCUT2D eigenvalue weighted by Crippen LogP contribution is -2.32. The van der Waals surface area contributed by atoms with Gasteiger partial charge in [-0.3, -0.25) is 0 Å². The minimum Gasteiger partial charge on any atom is -0.441 e. The number of hydrogen-bond acceptors (Lipinski definition) is 3. The van der Waals surface area contributed by atoms with Gasteiger partial charge in [-0.25, -0.2) is 4.79 Å². The third-order valence-electron chi connectivity index (χ3n) is 2.63. The quantitative estimate of drug-likeness (QED) is 0.740. The van der Waals surface area contributed by atoms with E-state index in [-0.39, 0.29) is 11.7 Å². The van der Waals surface area contributed by atoms with E-state index in [1.54, 1.807) is 0 Å². The van der Waals surface area contributed by atoms with Crippen molar-refractivity contribution < 1.29 is 9.53 Å². The van der Waals surface area contributed by atoms with E-state index in [9.17, 15) is 4.79 Å². The molecule has 2 aliphatic heterocycles. The first-order valence-corrected chi connectivity index (χ1v) is 5.81. The molecule has 2 rings (SSSR count). The molecule has 2 saturated heterocycles. The molecule has 2 unspecified atom stereocenters. The molecule has 0 aliphatic carbocycles. The third-order valence-corrected chi connectivity index (χ3v) is 4.03. The molecule has 4 heteroatoms. The molecular weight excluding hydrogens is 186 g/mol. The maximum Gasteiger partial charge on any atom is 0.407 e. The number of thioether (sulfide) groups is 1. The van der Waals surface area contributed by atoms with Crippen molar-refractivity contribution in [2.45, 2.75) is 37.0 Å². The third kappa shape index (κ3) is 2.10. The summed E-state index contributed by atoms with van der Waals surface area (Å²) in [6.07, 6.45) is 3.33. The van der Waals surface area contributed by atoms with Crippen LogP contribution in [0.4, 0.5) is 4.79 Å². The molecule has 0 aromatic carbocycles. The Labute approximate surface area is 82.6 Å². The summed E-state index contributed by atoms with van der Waals surface area (Å²) in [4.78, 5) is 10.9. The van der Waals surface area contributed by atoms with E-state index in [1.807, 2.05) is 18.7 Å². The van der Waals surface area contributed by atoms with Crippen LogP contribution in [0.15, 0.2) is 0 Å². The number of hydrogen-bond donors (Lipinski definition) is 1. The van der Waals surface area contributed by atoms with Crippen LogP contribution in [0, 0.1) is 0 Å². The van der Waals surface area contributed by atoms with E-state index >= 15 is 0 Å². The van der Waals surface area contributed by atoms with Gasteiger partial charge in [-0.2, -0.15) is 11.8 Å². The summed E-state index contributed by atoms with van der Waals surface area (Å²) >= 11 is 2.01. The van der Waals surface area contributed by atoms with E-state index in [4.69, 9.17) is 4.74 Å². The molecule has 1 N–H and O–H groups in total. The van der Waals surface area contributed by atoms with Crippen molar-refractivity contribution in [3.63, 3.8) is 0 Å². The molecule has 2 aliphatic rings. The number of nitrogens with one attached hydrogen (secondary N) is 1. The van der Waals surface area contributed by atoms with Gasteiger partial charge in [0, 0.05) is 11.7 Å². The monoisotopic (exact) mass is 201 g/mol. The van der Waals surface area contributed by atoms with Gasteiger partial charge in [0.2, 0.25) is 0 Å². The van der Waals surface area contributed by atoms with Crippen molar-refractivity contribution in [2.75, 3.05) is 12.3 Å². The second-order valence-corrected chi connectivity index (χ2v) is 5.44. The van der Waals surface area contributed by atoms with Gasteiger partial charge in [-0.05, 0) is 25.5 Å². The molecule has 74 valence electrons. The van der Waals surface area contributed by atoms with Crippen LogP contribution in [-0.4, -0.2) is 29.2 Å². The zero-order chi connectivity index (χ0) is 9.31. The van der Waals surface area contributed by atoms with Crippen molar-refractivity contribution in [1.29, 1.82) is 0 Å².